The highest BCUT2D eigenvalue weighted by atomic mass is 127. The van der Waals surface area contributed by atoms with Gasteiger partial charge in [-0.25, -0.2) is 4.98 Å². The van der Waals surface area contributed by atoms with Crippen molar-refractivity contribution in [3.63, 3.8) is 0 Å². The number of imidazole rings is 1. The van der Waals surface area contributed by atoms with Gasteiger partial charge in [-0.2, -0.15) is 0 Å². The summed E-state index contributed by atoms with van der Waals surface area (Å²) < 4.78 is 4.52. The van der Waals surface area contributed by atoms with Crippen LogP contribution in [0.5, 0.6) is 0 Å². The number of aromatic nitrogens is 2. The molecule has 2 aromatic rings. The van der Waals surface area contributed by atoms with Crippen molar-refractivity contribution >= 4 is 38.5 Å². The van der Waals surface area contributed by atoms with Crippen molar-refractivity contribution < 1.29 is 0 Å². The van der Waals surface area contributed by atoms with Crippen molar-refractivity contribution in [2.45, 2.75) is 25.8 Å². The van der Waals surface area contributed by atoms with E-state index in [2.05, 4.69) is 78.5 Å². The number of nitrogens with zero attached hydrogens (tertiary/aromatic N) is 2. The lowest BCUT2D eigenvalue weighted by Gasteiger charge is -2.20. The number of aryl methyl sites for hydroxylation is 2. The lowest BCUT2D eigenvalue weighted by molar-refractivity contribution is 0.504. The Morgan fingerprint density at radius 2 is 2.25 bits per heavy atom. The molecule has 0 aliphatic carbocycles. The van der Waals surface area contributed by atoms with Crippen LogP contribution in [0.25, 0.3) is 0 Å². The van der Waals surface area contributed by atoms with Crippen LogP contribution in [0.4, 0.5) is 0 Å². The van der Waals surface area contributed by atoms with Gasteiger partial charge in [-0.1, -0.05) is 22.9 Å². The van der Waals surface area contributed by atoms with Crippen molar-refractivity contribution in [1.29, 1.82) is 0 Å². The van der Waals surface area contributed by atoms with E-state index in [-0.39, 0.29) is 0 Å². The summed E-state index contributed by atoms with van der Waals surface area (Å²) in [5.41, 5.74) is 1.33. The van der Waals surface area contributed by atoms with Crippen molar-refractivity contribution in [2.75, 3.05) is 6.54 Å². The van der Waals surface area contributed by atoms with Gasteiger partial charge in [0.05, 0.1) is 0 Å². The topological polar surface area (TPSA) is 29.9 Å². The third-order valence-electron chi connectivity index (χ3n) is 3.36. The molecule has 1 N–H and O–H groups in total. The summed E-state index contributed by atoms with van der Waals surface area (Å²) in [7, 11) is 2.05. The van der Waals surface area contributed by atoms with Gasteiger partial charge >= 0.3 is 0 Å². The fraction of sp³-hybridized carbons (Fsp3) is 0.400. The zero-order valence-electron chi connectivity index (χ0n) is 11.7. The van der Waals surface area contributed by atoms with Crippen LogP contribution in [-0.2, 0) is 13.5 Å². The standard InChI is InChI=1S/C15H19BrIN3/c1-3-18-14(6-7-15-19-8-9-20(15)2)12-10-11(17)4-5-13(12)16/h4-5,8-10,14,18H,3,6-7H2,1-2H3. The molecule has 1 heterocycles. The van der Waals surface area contributed by atoms with Gasteiger partial charge in [-0.05, 0) is 59.3 Å². The van der Waals surface area contributed by atoms with Crippen molar-refractivity contribution in [1.82, 2.24) is 14.9 Å². The second-order valence-corrected chi connectivity index (χ2v) is 6.87. The maximum absolute atomic E-state index is 4.40. The number of benzene rings is 1. The quantitative estimate of drug-likeness (QED) is 0.676. The Kier molecular flexibility index (Phi) is 6.04. The average molecular weight is 448 g/mol. The molecule has 0 saturated heterocycles. The van der Waals surface area contributed by atoms with Gasteiger partial charge in [0.1, 0.15) is 5.82 Å². The summed E-state index contributed by atoms with van der Waals surface area (Å²) in [4.78, 5) is 4.40. The Labute approximate surface area is 142 Å². The lowest BCUT2D eigenvalue weighted by Crippen LogP contribution is -2.22. The largest absolute Gasteiger partial charge is 0.338 e. The average Bonchev–Trinajstić information content (AvgIpc) is 2.83. The third kappa shape index (κ3) is 4.05. The van der Waals surface area contributed by atoms with Gasteiger partial charge in [-0.3, -0.25) is 0 Å². The molecule has 2 rings (SSSR count). The lowest BCUT2D eigenvalue weighted by atomic mass is 10.0. The van der Waals surface area contributed by atoms with Gasteiger partial charge < -0.3 is 9.88 Å². The molecule has 1 aromatic heterocycles. The number of halogens is 2. The first-order chi connectivity index (χ1) is 9.61. The normalized spacial score (nSPS) is 12.6. The Morgan fingerprint density at radius 3 is 2.90 bits per heavy atom. The predicted molar refractivity (Wildman–Crippen MR) is 94.8 cm³/mol. The summed E-state index contributed by atoms with van der Waals surface area (Å²) in [5.74, 6) is 1.13. The van der Waals surface area contributed by atoms with Crippen LogP contribution < -0.4 is 5.32 Å². The molecular weight excluding hydrogens is 429 g/mol. The molecule has 1 unspecified atom stereocenters. The van der Waals surface area contributed by atoms with Crippen LogP contribution >= 0.6 is 38.5 Å². The first-order valence-corrected chi connectivity index (χ1v) is 8.63. The molecule has 0 radical (unpaired) electrons. The van der Waals surface area contributed by atoms with Crippen LogP contribution in [0.2, 0.25) is 0 Å². The second kappa shape index (κ2) is 7.56. The number of nitrogens with one attached hydrogen (secondary N) is 1. The van der Waals surface area contributed by atoms with Crippen molar-refractivity contribution in [2.24, 2.45) is 7.05 Å². The fourth-order valence-corrected chi connectivity index (χ4v) is 3.34. The van der Waals surface area contributed by atoms with E-state index < -0.39 is 0 Å². The number of hydrogen-bond acceptors (Lipinski definition) is 2. The van der Waals surface area contributed by atoms with E-state index in [4.69, 9.17) is 0 Å². The highest BCUT2D eigenvalue weighted by molar-refractivity contribution is 14.1. The minimum atomic E-state index is 0.348. The maximum Gasteiger partial charge on any atom is 0.108 e. The molecule has 1 aromatic carbocycles. The zero-order valence-corrected chi connectivity index (χ0v) is 15.5. The molecule has 5 heteroatoms. The van der Waals surface area contributed by atoms with Crippen LogP contribution in [0.15, 0.2) is 35.1 Å². The van der Waals surface area contributed by atoms with E-state index in [1.807, 2.05) is 19.4 Å². The summed E-state index contributed by atoms with van der Waals surface area (Å²) in [6.45, 7) is 3.11. The first-order valence-electron chi connectivity index (χ1n) is 6.76. The third-order valence-corrected chi connectivity index (χ3v) is 4.75. The Bertz CT molecular complexity index is 568. The van der Waals surface area contributed by atoms with Gasteiger partial charge in [0.2, 0.25) is 0 Å². The van der Waals surface area contributed by atoms with E-state index in [1.54, 1.807) is 0 Å². The van der Waals surface area contributed by atoms with Crippen LogP contribution in [0.1, 0.15) is 30.8 Å². The molecule has 3 nitrogen and oxygen atoms in total. The number of rotatable bonds is 6. The molecule has 0 bridgehead atoms. The van der Waals surface area contributed by atoms with Gasteiger partial charge in [0.15, 0.2) is 0 Å². The summed E-state index contributed by atoms with van der Waals surface area (Å²) in [5, 5.41) is 3.58. The molecule has 1 atom stereocenters. The van der Waals surface area contributed by atoms with E-state index in [0.717, 1.165) is 25.2 Å². The Hall–Kier alpha value is -0.400. The first kappa shape index (κ1) is 16.0. The van der Waals surface area contributed by atoms with Gasteiger partial charge in [0.25, 0.3) is 0 Å². The SMILES string of the molecule is CCNC(CCc1nccn1C)c1cc(I)ccc1Br. The minimum absolute atomic E-state index is 0.348. The zero-order chi connectivity index (χ0) is 14.5. The monoisotopic (exact) mass is 447 g/mol. The minimum Gasteiger partial charge on any atom is -0.338 e. The molecule has 0 aliphatic rings. The fourth-order valence-electron chi connectivity index (χ4n) is 2.31. The number of hydrogen-bond donors (Lipinski definition) is 1. The molecular formula is C15H19BrIN3. The smallest absolute Gasteiger partial charge is 0.108 e. The van der Waals surface area contributed by atoms with Crippen molar-refractivity contribution in [3.8, 4) is 0 Å². The van der Waals surface area contributed by atoms with E-state index in [9.17, 15) is 0 Å². The van der Waals surface area contributed by atoms with Crippen LogP contribution in [0, 0.1) is 3.57 Å². The summed E-state index contributed by atoms with van der Waals surface area (Å²) >= 11 is 6.03. The molecule has 0 spiro atoms. The molecule has 108 valence electrons. The molecule has 0 saturated carbocycles. The predicted octanol–water partition coefficient (Wildman–Crippen LogP) is 4.07. The van der Waals surface area contributed by atoms with E-state index in [1.165, 1.54) is 13.6 Å². The van der Waals surface area contributed by atoms with Crippen molar-refractivity contribution in [3.05, 3.63) is 50.0 Å². The van der Waals surface area contributed by atoms with Gasteiger partial charge in [-0.15, -0.1) is 0 Å². The van der Waals surface area contributed by atoms with E-state index >= 15 is 0 Å². The van der Waals surface area contributed by atoms with Crippen LogP contribution in [-0.4, -0.2) is 16.1 Å². The molecule has 0 aliphatic heterocycles. The molecule has 0 amide bonds. The molecule has 20 heavy (non-hydrogen) atoms. The van der Waals surface area contributed by atoms with Crippen LogP contribution in [0.3, 0.4) is 0 Å². The molecule has 0 fully saturated rings. The summed E-state index contributed by atoms with van der Waals surface area (Å²) in [6.07, 6.45) is 5.87. The highest BCUT2D eigenvalue weighted by Gasteiger charge is 2.15. The van der Waals surface area contributed by atoms with E-state index in [0.29, 0.717) is 6.04 Å². The van der Waals surface area contributed by atoms with Gasteiger partial charge in [0, 0.05) is 39.9 Å². The Morgan fingerprint density at radius 1 is 1.45 bits per heavy atom. The Balaban J connectivity index is 2.14. The highest BCUT2D eigenvalue weighted by Crippen LogP contribution is 2.28. The maximum atomic E-state index is 4.40. The second-order valence-electron chi connectivity index (χ2n) is 4.77. The summed E-state index contributed by atoms with van der Waals surface area (Å²) in [6, 6.07) is 6.84.